The minimum Gasteiger partial charge on any atom is -0.443 e. The molecule has 1 unspecified atom stereocenters. The van der Waals surface area contributed by atoms with Crippen LogP contribution < -0.4 is 0 Å². The van der Waals surface area contributed by atoms with Crippen molar-refractivity contribution in [1.82, 2.24) is 0 Å². The molecule has 1 aliphatic heterocycles. The minimum absolute atomic E-state index is 0.0995. The molecular weight excluding hydrogens is 216 g/mol. The highest BCUT2D eigenvalue weighted by molar-refractivity contribution is 9.11. The van der Waals surface area contributed by atoms with E-state index in [0.717, 1.165) is 10.2 Å². The van der Waals surface area contributed by atoms with Gasteiger partial charge in [0.2, 0.25) is 0 Å². The fourth-order valence-corrected chi connectivity index (χ4v) is 2.01. The van der Waals surface area contributed by atoms with Crippen molar-refractivity contribution in [2.45, 2.75) is 12.4 Å². The Hall–Kier alpha value is 0.0400. The van der Waals surface area contributed by atoms with Gasteiger partial charge in [-0.15, -0.1) is 11.8 Å². The number of halogens is 1. The molecule has 0 fully saturated rings. The molecule has 56 valence electrons. The molecule has 0 radical (unpaired) electrons. The third kappa shape index (κ3) is 1.76. The second kappa shape index (κ2) is 3.44. The van der Waals surface area contributed by atoms with E-state index in [-0.39, 0.29) is 11.4 Å². The lowest BCUT2D eigenvalue weighted by Crippen LogP contribution is -2.04. The molecule has 0 saturated heterocycles. The van der Waals surface area contributed by atoms with Crippen molar-refractivity contribution < 1.29 is 9.53 Å². The highest BCUT2D eigenvalue weighted by atomic mass is 79.9. The molecule has 0 amide bonds. The Morgan fingerprint density at radius 2 is 2.60 bits per heavy atom. The van der Waals surface area contributed by atoms with E-state index in [2.05, 4.69) is 15.9 Å². The Morgan fingerprint density at radius 3 is 3.00 bits per heavy atom. The molecule has 0 aromatic carbocycles. The van der Waals surface area contributed by atoms with Crippen LogP contribution in [0.3, 0.4) is 0 Å². The summed E-state index contributed by atoms with van der Waals surface area (Å²) in [7, 11) is 0. The number of thioether (sulfide) groups is 1. The topological polar surface area (TPSA) is 26.3 Å². The lowest BCUT2D eigenvalue weighted by atomic mass is 10.6. The van der Waals surface area contributed by atoms with E-state index in [1.807, 2.05) is 6.92 Å². The van der Waals surface area contributed by atoms with Crippen LogP contribution in [0.25, 0.3) is 0 Å². The van der Waals surface area contributed by atoms with E-state index in [1.165, 1.54) is 6.08 Å². The molecule has 4 heteroatoms. The van der Waals surface area contributed by atoms with E-state index in [0.29, 0.717) is 0 Å². The fourth-order valence-electron chi connectivity index (χ4n) is 0.641. The smallest absolute Gasteiger partial charge is 0.333 e. The van der Waals surface area contributed by atoms with E-state index in [1.54, 1.807) is 11.8 Å². The molecule has 1 rings (SSSR count). The molecule has 0 aromatic heterocycles. The summed E-state index contributed by atoms with van der Waals surface area (Å²) < 4.78 is 5.74. The Bertz CT molecular complexity index is 179. The SMILES string of the molecule is CCSC1OC(=O)C=C1Br. The van der Waals surface area contributed by atoms with Gasteiger partial charge in [0.1, 0.15) is 0 Å². The number of carbonyl (C=O) groups is 1. The number of rotatable bonds is 2. The maximum absolute atomic E-state index is 10.6. The predicted molar refractivity (Wildman–Crippen MR) is 45.0 cm³/mol. The Morgan fingerprint density at radius 1 is 1.90 bits per heavy atom. The van der Waals surface area contributed by atoms with Crippen LogP contribution in [0.5, 0.6) is 0 Å². The minimum atomic E-state index is -0.252. The Kier molecular flexibility index (Phi) is 2.80. The molecule has 1 atom stereocenters. The molecule has 0 aromatic rings. The molecule has 0 spiro atoms. The number of ether oxygens (including phenoxy) is 1. The Balaban J connectivity index is 2.51. The first-order valence-electron chi connectivity index (χ1n) is 2.93. The molecule has 0 N–H and O–H groups in total. The van der Waals surface area contributed by atoms with Gasteiger partial charge in [-0.1, -0.05) is 22.9 Å². The van der Waals surface area contributed by atoms with Crippen LogP contribution in [0.1, 0.15) is 6.92 Å². The zero-order valence-corrected chi connectivity index (χ0v) is 7.87. The molecular formula is C6H7BrO2S. The Labute approximate surface area is 72.1 Å². The second-order valence-electron chi connectivity index (χ2n) is 1.75. The van der Waals surface area contributed by atoms with Crippen LogP contribution in [0.15, 0.2) is 10.6 Å². The summed E-state index contributed by atoms with van der Waals surface area (Å²) in [5.41, 5.74) is -0.0995. The lowest BCUT2D eigenvalue weighted by molar-refractivity contribution is -0.135. The highest BCUT2D eigenvalue weighted by Gasteiger charge is 2.23. The summed E-state index contributed by atoms with van der Waals surface area (Å²) in [5, 5.41) is 0. The zero-order valence-electron chi connectivity index (χ0n) is 5.46. The average molecular weight is 223 g/mol. The summed E-state index contributed by atoms with van der Waals surface area (Å²) in [5.74, 6) is 0.693. The van der Waals surface area contributed by atoms with E-state index in [4.69, 9.17) is 4.74 Å². The molecule has 0 aliphatic carbocycles. The van der Waals surface area contributed by atoms with Crippen molar-refractivity contribution in [2.75, 3.05) is 5.75 Å². The van der Waals surface area contributed by atoms with Gasteiger partial charge >= 0.3 is 5.97 Å². The average Bonchev–Trinajstić information content (AvgIpc) is 2.13. The summed E-state index contributed by atoms with van der Waals surface area (Å²) in [6.45, 7) is 2.02. The normalized spacial score (nSPS) is 24.4. The predicted octanol–water partition coefficient (Wildman–Crippen LogP) is 1.90. The third-order valence-corrected chi connectivity index (χ3v) is 2.96. The number of hydrogen-bond donors (Lipinski definition) is 0. The molecule has 1 aliphatic rings. The van der Waals surface area contributed by atoms with E-state index >= 15 is 0 Å². The van der Waals surface area contributed by atoms with Gasteiger partial charge in [-0.3, -0.25) is 0 Å². The standard InChI is InChI=1S/C6H7BrO2S/c1-2-10-6-4(7)3-5(8)9-6/h3,6H,2H2,1H3. The summed E-state index contributed by atoms with van der Waals surface area (Å²) in [6, 6.07) is 0. The first kappa shape index (κ1) is 8.14. The zero-order chi connectivity index (χ0) is 7.56. The molecule has 0 saturated carbocycles. The van der Waals surface area contributed by atoms with Gasteiger partial charge in [-0.2, -0.15) is 0 Å². The van der Waals surface area contributed by atoms with E-state index < -0.39 is 0 Å². The van der Waals surface area contributed by atoms with Gasteiger partial charge in [-0.25, -0.2) is 4.79 Å². The quantitative estimate of drug-likeness (QED) is 0.669. The van der Waals surface area contributed by atoms with E-state index in [9.17, 15) is 4.79 Å². The first-order valence-corrected chi connectivity index (χ1v) is 4.77. The first-order chi connectivity index (χ1) is 4.74. The monoisotopic (exact) mass is 222 g/mol. The van der Waals surface area contributed by atoms with Gasteiger partial charge in [-0.05, 0) is 5.75 Å². The lowest BCUT2D eigenvalue weighted by Gasteiger charge is -2.07. The third-order valence-electron chi connectivity index (χ3n) is 1.02. The maximum Gasteiger partial charge on any atom is 0.333 e. The molecule has 1 heterocycles. The number of carbonyl (C=O) groups excluding carboxylic acids is 1. The van der Waals surface area contributed by atoms with Crippen molar-refractivity contribution in [3.63, 3.8) is 0 Å². The van der Waals surface area contributed by atoms with Gasteiger partial charge in [0.15, 0.2) is 5.44 Å². The van der Waals surface area contributed by atoms with Gasteiger partial charge in [0.25, 0.3) is 0 Å². The van der Waals surface area contributed by atoms with Crippen molar-refractivity contribution in [2.24, 2.45) is 0 Å². The van der Waals surface area contributed by atoms with Crippen molar-refractivity contribution in [3.05, 3.63) is 10.6 Å². The van der Waals surface area contributed by atoms with Gasteiger partial charge in [0, 0.05) is 6.08 Å². The largest absolute Gasteiger partial charge is 0.443 e. The molecule has 0 bridgehead atoms. The number of esters is 1. The van der Waals surface area contributed by atoms with Crippen LogP contribution >= 0.6 is 27.7 Å². The number of hydrogen-bond acceptors (Lipinski definition) is 3. The second-order valence-corrected chi connectivity index (χ2v) is 4.01. The molecule has 2 nitrogen and oxygen atoms in total. The fraction of sp³-hybridized carbons (Fsp3) is 0.500. The van der Waals surface area contributed by atoms with Crippen LogP contribution in [0.4, 0.5) is 0 Å². The highest BCUT2D eigenvalue weighted by Crippen LogP contribution is 2.29. The van der Waals surface area contributed by atoms with Crippen LogP contribution in [0, 0.1) is 0 Å². The van der Waals surface area contributed by atoms with Crippen LogP contribution in [-0.2, 0) is 9.53 Å². The summed E-state index contributed by atoms with van der Waals surface area (Å²) in [4.78, 5) is 10.6. The van der Waals surface area contributed by atoms with Crippen LogP contribution in [-0.4, -0.2) is 17.2 Å². The van der Waals surface area contributed by atoms with Crippen LogP contribution in [0.2, 0.25) is 0 Å². The number of cyclic esters (lactones) is 1. The maximum atomic E-state index is 10.6. The van der Waals surface area contributed by atoms with Crippen molar-refractivity contribution in [1.29, 1.82) is 0 Å². The summed E-state index contributed by atoms with van der Waals surface area (Å²) >= 11 is 4.83. The van der Waals surface area contributed by atoms with Gasteiger partial charge < -0.3 is 4.74 Å². The molecule has 10 heavy (non-hydrogen) atoms. The van der Waals surface area contributed by atoms with Crippen molar-refractivity contribution in [3.8, 4) is 0 Å². The van der Waals surface area contributed by atoms with Gasteiger partial charge in [0.05, 0.1) is 4.48 Å². The van der Waals surface area contributed by atoms with Crippen molar-refractivity contribution >= 4 is 33.7 Å². The summed E-state index contributed by atoms with van der Waals surface area (Å²) in [6.07, 6.45) is 1.47.